The zero-order valence-electron chi connectivity index (χ0n) is 6.83. The number of aromatic nitrogens is 2. The zero-order valence-corrected chi connectivity index (χ0v) is 6.83. The van der Waals surface area contributed by atoms with Crippen LogP contribution in [0, 0.1) is 0 Å². The molecule has 0 aliphatic carbocycles. The van der Waals surface area contributed by atoms with Crippen LogP contribution in [0.3, 0.4) is 0 Å². The van der Waals surface area contributed by atoms with Crippen LogP contribution in [0.2, 0.25) is 0 Å². The zero-order chi connectivity index (χ0) is 9.84. The van der Waals surface area contributed by atoms with Crippen LogP contribution < -0.4 is 0 Å². The van der Waals surface area contributed by atoms with Crippen LogP contribution in [-0.4, -0.2) is 49.2 Å². The van der Waals surface area contributed by atoms with E-state index in [0.29, 0.717) is 0 Å². The van der Waals surface area contributed by atoms with Crippen molar-refractivity contribution in [2.45, 2.75) is 18.3 Å². The molecule has 6 nitrogen and oxygen atoms in total. The molecule has 74 valence electrons. The van der Waals surface area contributed by atoms with Gasteiger partial charge in [0.15, 0.2) is 0 Å². The van der Waals surface area contributed by atoms with Gasteiger partial charge < -0.3 is 25.4 Å². The first-order valence-corrected chi connectivity index (χ1v) is 3.81. The quantitative estimate of drug-likeness (QED) is 0.381. The van der Waals surface area contributed by atoms with E-state index in [9.17, 15) is 10.2 Å². The van der Waals surface area contributed by atoms with E-state index in [-0.39, 0.29) is 5.82 Å². The molecule has 3 atom stereocenters. The molecule has 1 aromatic heterocycles. The van der Waals surface area contributed by atoms with E-state index < -0.39 is 24.9 Å². The molecular weight excluding hydrogens is 176 g/mol. The molecule has 6 heteroatoms. The molecule has 0 spiro atoms. The molecule has 0 radical (unpaired) electrons. The molecule has 13 heavy (non-hydrogen) atoms. The fourth-order valence-electron chi connectivity index (χ4n) is 0.919. The molecule has 0 aromatic carbocycles. The van der Waals surface area contributed by atoms with Gasteiger partial charge in [-0.1, -0.05) is 0 Å². The number of aliphatic hydroxyl groups excluding tert-OH is 4. The molecule has 0 aliphatic heterocycles. The third-order valence-corrected chi connectivity index (χ3v) is 1.70. The molecule has 0 saturated heterocycles. The van der Waals surface area contributed by atoms with Crippen LogP contribution >= 0.6 is 0 Å². The van der Waals surface area contributed by atoms with E-state index >= 15 is 0 Å². The average Bonchev–Trinajstić information content (AvgIpc) is 2.67. The minimum Gasteiger partial charge on any atom is -0.394 e. The summed E-state index contributed by atoms with van der Waals surface area (Å²) in [5.74, 6) is 0.153. The van der Waals surface area contributed by atoms with Gasteiger partial charge in [0.2, 0.25) is 0 Å². The van der Waals surface area contributed by atoms with Crippen molar-refractivity contribution in [3.8, 4) is 0 Å². The molecule has 1 aromatic rings. The molecule has 0 bridgehead atoms. The number of rotatable bonds is 4. The van der Waals surface area contributed by atoms with Gasteiger partial charge in [0.1, 0.15) is 24.1 Å². The first kappa shape index (κ1) is 10.1. The van der Waals surface area contributed by atoms with Crippen LogP contribution in [0.5, 0.6) is 0 Å². The highest BCUT2D eigenvalue weighted by Crippen LogP contribution is 2.14. The lowest BCUT2D eigenvalue weighted by Crippen LogP contribution is -2.35. The molecule has 0 saturated carbocycles. The second-order valence-electron chi connectivity index (χ2n) is 2.66. The number of aromatic amines is 1. The Labute approximate surface area is 74.5 Å². The van der Waals surface area contributed by atoms with Crippen molar-refractivity contribution in [3.63, 3.8) is 0 Å². The van der Waals surface area contributed by atoms with E-state index in [1.54, 1.807) is 0 Å². The first-order chi connectivity index (χ1) is 6.16. The summed E-state index contributed by atoms with van der Waals surface area (Å²) in [6.45, 7) is -0.612. The normalized spacial score (nSPS) is 18.2. The fourth-order valence-corrected chi connectivity index (χ4v) is 0.919. The number of nitrogens with one attached hydrogen (secondary N) is 1. The maximum Gasteiger partial charge on any atom is 0.140 e. The van der Waals surface area contributed by atoms with E-state index in [2.05, 4.69) is 9.97 Å². The van der Waals surface area contributed by atoms with Gasteiger partial charge in [0.05, 0.1) is 6.61 Å². The van der Waals surface area contributed by atoms with E-state index in [0.717, 1.165) is 0 Å². The summed E-state index contributed by atoms with van der Waals surface area (Å²) in [5, 5.41) is 36.1. The topological polar surface area (TPSA) is 110 Å². The van der Waals surface area contributed by atoms with Gasteiger partial charge >= 0.3 is 0 Å². The Morgan fingerprint density at radius 3 is 2.54 bits per heavy atom. The highest BCUT2D eigenvalue weighted by molar-refractivity contribution is 4.96. The van der Waals surface area contributed by atoms with Gasteiger partial charge in [0, 0.05) is 12.4 Å². The van der Waals surface area contributed by atoms with Crippen molar-refractivity contribution >= 4 is 0 Å². The predicted molar refractivity (Wildman–Crippen MR) is 42.6 cm³/mol. The molecule has 0 aliphatic rings. The SMILES string of the molecule is OCC(O)C(O)C(O)c1ncc[nH]1. The molecule has 3 unspecified atom stereocenters. The van der Waals surface area contributed by atoms with Gasteiger partial charge in [-0.3, -0.25) is 0 Å². The van der Waals surface area contributed by atoms with Crippen molar-refractivity contribution in [3.05, 3.63) is 18.2 Å². The monoisotopic (exact) mass is 188 g/mol. The summed E-state index contributed by atoms with van der Waals surface area (Å²) < 4.78 is 0. The number of aliphatic hydroxyl groups is 4. The molecule has 1 rings (SSSR count). The van der Waals surface area contributed by atoms with Crippen LogP contribution in [0.1, 0.15) is 11.9 Å². The van der Waals surface area contributed by atoms with Crippen molar-refractivity contribution in [2.75, 3.05) is 6.61 Å². The lowest BCUT2D eigenvalue weighted by atomic mass is 10.1. The van der Waals surface area contributed by atoms with E-state index in [1.807, 2.05) is 0 Å². The van der Waals surface area contributed by atoms with Gasteiger partial charge in [-0.2, -0.15) is 0 Å². The highest BCUT2D eigenvalue weighted by atomic mass is 16.4. The Kier molecular flexibility index (Phi) is 3.38. The summed E-state index contributed by atoms with van der Waals surface area (Å²) in [5.41, 5.74) is 0. The Hall–Kier alpha value is -0.950. The number of hydrogen-bond acceptors (Lipinski definition) is 5. The number of H-pyrrole nitrogens is 1. The highest BCUT2D eigenvalue weighted by Gasteiger charge is 2.26. The van der Waals surface area contributed by atoms with Gasteiger partial charge in [0.25, 0.3) is 0 Å². The third-order valence-electron chi connectivity index (χ3n) is 1.70. The lowest BCUT2D eigenvalue weighted by molar-refractivity contribution is -0.0801. The Balaban J connectivity index is 2.62. The second-order valence-corrected chi connectivity index (χ2v) is 2.66. The molecule has 0 fully saturated rings. The largest absolute Gasteiger partial charge is 0.394 e. The minimum atomic E-state index is -1.45. The summed E-state index contributed by atoms with van der Waals surface area (Å²) in [7, 11) is 0. The maximum atomic E-state index is 9.36. The van der Waals surface area contributed by atoms with Gasteiger partial charge in [-0.15, -0.1) is 0 Å². The summed E-state index contributed by atoms with van der Waals surface area (Å²) in [4.78, 5) is 6.28. The number of nitrogens with zero attached hydrogens (tertiary/aromatic N) is 1. The fraction of sp³-hybridized carbons (Fsp3) is 0.571. The second kappa shape index (κ2) is 4.33. The Bertz CT molecular complexity index is 239. The molecule has 1 heterocycles. The molecule has 5 N–H and O–H groups in total. The smallest absolute Gasteiger partial charge is 0.140 e. The average molecular weight is 188 g/mol. The van der Waals surface area contributed by atoms with Crippen molar-refractivity contribution in [2.24, 2.45) is 0 Å². The first-order valence-electron chi connectivity index (χ1n) is 3.81. The summed E-state index contributed by atoms with van der Waals surface area (Å²) in [6, 6.07) is 0. The Morgan fingerprint density at radius 2 is 2.08 bits per heavy atom. The van der Waals surface area contributed by atoms with Crippen molar-refractivity contribution < 1.29 is 20.4 Å². The third kappa shape index (κ3) is 2.25. The minimum absolute atomic E-state index is 0.153. The Morgan fingerprint density at radius 1 is 1.38 bits per heavy atom. The van der Waals surface area contributed by atoms with Crippen molar-refractivity contribution in [1.82, 2.24) is 9.97 Å². The van der Waals surface area contributed by atoms with Gasteiger partial charge in [-0.05, 0) is 0 Å². The lowest BCUT2D eigenvalue weighted by Gasteiger charge is -2.19. The summed E-state index contributed by atoms with van der Waals surface area (Å²) >= 11 is 0. The number of imidazole rings is 1. The molecule has 0 amide bonds. The van der Waals surface area contributed by atoms with E-state index in [4.69, 9.17) is 10.2 Å². The number of hydrogen-bond donors (Lipinski definition) is 5. The van der Waals surface area contributed by atoms with Crippen LogP contribution in [0.15, 0.2) is 12.4 Å². The summed E-state index contributed by atoms with van der Waals surface area (Å²) in [6.07, 6.45) is -1.25. The van der Waals surface area contributed by atoms with Gasteiger partial charge in [-0.25, -0.2) is 4.98 Å². The van der Waals surface area contributed by atoms with Crippen LogP contribution in [0.4, 0.5) is 0 Å². The van der Waals surface area contributed by atoms with Crippen LogP contribution in [-0.2, 0) is 0 Å². The standard InChI is InChI=1S/C7H12N2O4/c10-3-4(11)5(12)6(13)7-8-1-2-9-7/h1-2,4-6,10-13H,3H2,(H,8,9). The molecular formula is C7H12N2O4. The predicted octanol–water partition coefficient (Wildman–Crippen LogP) is -1.84. The maximum absolute atomic E-state index is 9.36. The van der Waals surface area contributed by atoms with E-state index in [1.165, 1.54) is 12.4 Å². The van der Waals surface area contributed by atoms with Crippen molar-refractivity contribution in [1.29, 1.82) is 0 Å². The van der Waals surface area contributed by atoms with Crippen LogP contribution in [0.25, 0.3) is 0 Å².